The summed E-state index contributed by atoms with van der Waals surface area (Å²) in [5.41, 5.74) is 4.08. The first-order chi connectivity index (χ1) is 9.93. The SMILES string of the molecule is C1=COc2ccccc2C1.c1ccc2c(c1)CCOC2. The van der Waals surface area contributed by atoms with Gasteiger partial charge in [-0.05, 0) is 41.7 Å². The number of rotatable bonds is 0. The Morgan fingerprint density at radius 1 is 0.800 bits per heavy atom. The van der Waals surface area contributed by atoms with Crippen molar-refractivity contribution in [2.75, 3.05) is 6.61 Å². The lowest BCUT2D eigenvalue weighted by atomic mass is 10.0. The summed E-state index contributed by atoms with van der Waals surface area (Å²) < 4.78 is 10.5. The van der Waals surface area contributed by atoms with Crippen LogP contribution in [0, 0.1) is 0 Å². The predicted molar refractivity (Wildman–Crippen MR) is 79.7 cm³/mol. The van der Waals surface area contributed by atoms with Crippen LogP contribution in [-0.2, 0) is 24.2 Å². The minimum absolute atomic E-state index is 0.802. The minimum atomic E-state index is 0.802. The molecule has 0 radical (unpaired) electrons. The lowest BCUT2D eigenvalue weighted by Gasteiger charge is -2.14. The number of hydrogen-bond donors (Lipinski definition) is 0. The zero-order valence-corrected chi connectivity index (χ0v) is 11.4. The number of hydrogen-bond acceptors (Lipinski definition) is 2. The van der Waals surface area contributed by atoms with E-state index in [2.05, 4.69) is 30.3 Å². The molecular weight excluding hydrogens is 248 g/mol. The topological polar surface area (TPSA) is 18.5 Å². The van der Waals surface area contributed by atoms with Crippen LogP contribution in [0.1, 0.15) is 16.7 Å². The van der Waals surface area contributed by atoms with Gasteiger partial charge in [0, 0.05) is 0 Å². The summed E-state index contributed by atoms with van der Waals surface area (Å²) in [6.45, 7) is 1.69. The lowest BCUT2D eigenvalue weighted by Crippen LogP contribution is -2.08. The van der Waals surface area contributed by atoms with Crippen molar-refractivity contribution in [1.29, 1.82) is 0 Å². The predicted octanol–water partition coefficient (Wildman–Crippen LogP) is 3.89. The average Bonchev–Trinajstić information content (AvgIpc) is 2.56. The lowest BCUT2D eigenvalue weighted by molar-refractivity contribution is 0.111. The zero-order chi connectivity index (χ0) is 13.6. The molecule has 2 heteroatoms. The summed E-state index contributed by atoms with van der Waals surface area (Å²) in [5.74, 6) is 0.991. The maximum absolute atomic E-state index is 5.30. The van der Waals surface area contributed by atoms with Gasteiger partial charge in [-0.25, -0.2) is 0 Å². The second-order valence-electron chi connectivity index (χ2n) is 4.87. The van der Waals surface area contributed by atoms with Gasteiger partial charge in [-0.2, -0.15) is 0 Å². The van der Waals surface area contributed by atoms with Crippen LogP contribution in [0.3, 0.4) is 0 Å². The maximum atomic E-state index is 5.30. The van der Waals surface area contributed by atoms with E-state index in [0.717, 1.165) is 31.8 Å². The van der Waals surface area contributed by atoms with E-state index >= 15 is 0 Å². The van der Waals surface area contributed by atoms with Gasteiger partial charge in [0.2, 0.25) is 0 Å². The Bertz CT molecular complexity index is 550. The molecule has 0 spiro atoms. The van der Waals surface area contributed by atoms with Crippen LogP contribution >= 0.6 is 0 Å². The Kier molecular flexibility index (Phi) is 4.14. The van der Waals surface area contributed by atoms with E-state index in [4.69, 9.17) is 9.47 Å². The standard InChI is InChI=1S/C9H8O.C9H10O/c1-2-6-9-8(4-1)5-3-7-10-9;1-2-4-9-7-10-6-5-8(9)3-1/h1-4,6-7H,5H2;1-4H,5-7H2. The molecule has 0 fully saturated rings. The Morgan fingerprint density at radius 2 is 1.55 bits per heavy atom. The second kappa shape index (κ2) is 6.40. The summed E-state index contributed by atoms with van der Waals surface area (Å²) in [5, 5.41) is 0. The molecule has 0 bridgehead atoms. The summed E-state index contributed by atoms with van der Waals surface area (Å²) in [6.07, 6.45) is 5.83. The van der Waals surface area contributed by atoms with Gasteiger partial charge in [0.15, 0.2) is 0 Å². The number of ether oxygens (including phenoxy) is 2. The highest BCUT2D eigenvalue weighted by molar-refractivity contribution is 5.37. The van der Waals surface area contributed by atoms with Gasteiger partial charge in [-0.1, -0.05) is 42.5 Å². The van der Waals surface area contributed by atoms with Crippen LogP contribution in [0.25, 0.3) is 0 Å². The largest absolute Gasteiger partial charge is 0.465 e. The van der Waals surface area contributed by atoms with E-state index in [1.54, 1.807) is 6.26 Å². The Morgan fingerprint density at radius 3 is 2.35 bits per heavy atom. The highest BCUT2D eigenvalue weighted by atomic mass is 16.5. The first kappa shape index (κ1) is 12.9. The molecule has 0 aliphatic carbocycles. The van der Waals surface area contributed by atoms with E-state index < -0.39 is 0 Å². The van der Waals surface area contributed by atoms with Crippen molar-refractivity contribution < 1.29 is 9.47 Å². The molecule has 0 N–H and O–H groups in total. The Hall–Kier alpha value is -2.06. The summed E-state index contributed by atoms with van der Waals surface area (Å²) >= 11 is 0. The quantitative estimate of drug-likeness (QED) is 0.720. The molecule has 0 aromatic heterocycles. The molecule has 2 aromatic carbocycles. The summed E-state index contributed by atoms with van der Waals surface area (Å²) in [4.78, 5) is 0. The maximum Gasteiger partial charge on any atom is 0.130 e. The molecule has 2 heterocycles. The molecule has 0 saturated heterocycles. The molecule has 0 atom stereocenters. The molecule has 0 amide bonds. The van der Waals surface area contributed by atoms with Gasteiger partial charge in [0.05, 0.1) is 19.5 Å². The normalized spacial score (nSPS) is 15.2. The summed E-state index contributed by atoms with van der Waals surface area (Å²) in [7, 11) is 0. The van der Waals surface area contributed by atoms with Crippen LogP contribution in [0.2, 0.25) is 0 Å². The molecule has 20 heavy (non-hydrogen) atoms. The molecular formula is C18H18O2. The van der Waals surface area contributed by atoms with Gasteiger partial charge < -0.3 is 9.47 Å². The molecule has 2 aliphatic rings. The van der Waals surface area contributed by atoms with E-state index in [0.29, 0.717) is 0 Å². The molecule has 2 aromatic rings. The molecule has 2 nitrogen and oxygen atoms in total. The second-order valence-corrected chi connectivity index (χ2v) is 4.87. The fourth-order valence-electron chi connectivity index (χ4n) is 2.39. The molecule has 2 aliphatic heterocycles. The van der Waals surface area contributed by atoms with Crippen LogP contribution in [-0.4, -0.2) is 6.61 Å². The Labute approximate surface area is 119 Å². The monoisotopic (exact) mass is 266 g/mol. The van der Waals surface area contributed by atoms with Gasteiger partial charge in [0.25, 0.3) is 0 Å². The van der Waals surface area contributed by atoms with Crippen LogP contribution in [0.15, 0.2) is 60.9 Å². The molecule has 0 unspecified atom stereocenters. The zero-order valence-electron chi connectivity index (χ0n) is 11.4. The highest BCUT2D eigenvalue weighted by Gasteiger charge is 2.06. The average molecular weight is 266 g/mol. The highest BCUT2D eigenvalue weighted by Crippen LogP contribution is 2.21. The molecule has 0 saturated carbocycles. The van der Waals surface area contributed by atoms with Crippen molar-refractivity contribution in [3.63, 3.8) is 0 Å². The van der Waals surface area contributed by atoms with Crippen molar-refractivity contribution in [3.8, 4) is 5.75 Å². The molecule has 102 valence electrons. The number of fused-ring (bicyclic) bond motifs is 2. The smallest absolute Gasteiger partial charge is 0.130 e. The number of allylic oxidation sites excluding steroid dienone is 1. The fourth-order valence-corrected chi connectivity index (χ4v) is 2.39. The van der Waals surface area contributed by atoms with Gasteiger partial charge in [-0.15, -0.1) is 0 Å². The number of benzene rings is 2. The van der Waals surface area contributed by atoms with Gasteiger partial charge in [-0.3, -0.25) is 0 Å². The van der Waals surface area contributed by atoms with E-state index in [9.17, 15) is 0 Å². The first-order valence-electron chi connectivity index (χ1n) is 6.97. The van der Waals surface area contributed by atoms with E-state index in [-0.39, 0.29) is 0 Å². The van der Waals surface area contributed by atoms with E-state index in [1.165, 1.54) is 16.7 Å². The number of para-hydroxylation sites is 1. The third kappa shape index (κ3) is 3.09. The van der Waals surface area contributed by atoms with Gasteiger partial charge in [0.1, 0.15) is 5.75 Å². The van der Waals surface area contributed by atoms with Crippen LogP contribution in [0.5, 0.6) is 5.75 Å². The van der Waals surface area contributed by atoms with Crippen molar-refractivity contribution in [2.45, 2.75) is 19.4 Å². The van der Waals surface area contributed by atoms with Crippen molar-refractivity contribution >= 4 is 0 Å². The Balaban J connectivity index is 0.000000121. The molecule has 4 rings (SSSR count). The van der Waals surface area contributed by atoms with Gasteiger partial charge >= 0.3 is 0 Å². The third-order valence-electron chi connectivity index (χ3n) is 3.49. The fraction of sp³-hybridized carbons (Fsp3) is 0.222. The van der Waals surface area contributed by atoms with Crippen molar-refractivity contribution in [3.05, 3.63) is 77.6 Å². The minimum Gasteiger partial charge on any atom is -0.465 e. The third-order valence-corrected chi connectivity index (χ3v) is 3.49. The van der Waals surface area contributed by atoms with Crippen LogP contribution < -0.4 is 4.74 Å². The van der Waals surface area contributed by atoms with Crippen molar-refractivity contribution in [2.24, 2.45) is 0 Å². The van der Waals surface area contributed by atoms with E-state index in [1.807, 2.05) is 24.3 Å². The first-order valence-corrected chi connectivity index (χ1v) is 6.97. The summed E-state index contributed by atoms with van der Waals surface area (Å²) in [6, 6.07) is 16.5. The van der Waals surface area contributed by atoms with Crippen molar-refractivity contribution in [1.82, 2.24) is 0 Å². The van der Waals surface area contributed by atoms with Crippen LogP contribution in [0.4, 0.5) is 0 Å².